The minimum absolute atomic E-state index is 0.0258. The van der Waals surface area contributed by atoms with E-state index < -0.39 is 0 Å². The maximum atomic E-state index is 13.1. The number of thiazole rings is 1. The zero-order chi connectivity index (χ0) is 22.8. The van der Waals surface area contributed by atoms with Crippen LogP contribution in [0.1, 0.15) is 37.9 Å². The van der Waals surface area contributed by atoms with Gasteiger partial charge in [0.25, 0.3) is 5.91 Å². The zero-order valence-electron chi connectivity index (χ0n) is 18.6. The van der Waals surface area contributed by atoms with Crippen molar-refractivity contribution in [3.05, 3.63) is 62.4 Å². The third kappa shape index (κ3) is 4.73. The van der Waals surface area contributed by atoms with Crippen molar-refractivity contribution in [3.63, 3.8) is 0 Å². The maximum Gasteiger partial charge on any atom is 0.266 e. The fraction of sp³-hybridized carbons (Fsp3) is 0.435. The first kappa shape index (κ1) is 22.9. The molecular weight excluding hydrogens is 446 g/mol. The Kier molecular flexibility index (Phi) is 6.95. The number of piperazine rings is 1. The molecule has 0 spiro atoms. The Balaban J connectivity index is 1.54. The summed E-state index contributed by atoms with van der Waals surface area (Å²) in [7, 11) is 0. The highest BCUT2D eigenvalue weighted by Gasteiger charge is 2.26. The van der Waals surface area contributed by atoms with Gasteiger partial charge in [0.1, 0.15) is 4.88 Å². The highest BCUT2D eigenvalue weighted by molar-refractivity contribution is 7.16. The van der Waals surface area contributed by atoms with Gasteiger partial charge in [-0.3, -0.25) is 9.69 Å². The van der Waals surface area contributed by atoms with Crippen LogP contribution in [0.5, 0.6) is 0 Å². The van der Waals surface area contributed by atoms with Crippen LogP contribution >= 0.6 is 22.9 Å². The number of aromatic nitrogens is 3. The predicted octanol–water partition coefficient (Wildman–Crippen LogP) is 3.25. The number of carbonyl (C=O) groups is 1. The highest BCUT2D eigenvalue weighted by Crippen LogP contribution is 2.27. The summed E-state index contributed by atoms with van der Waals surface area (Å²) in [5.41, 5.74) is 5.06. The van der Waals surface area contributed by atoms with Crippen molar-refractivity contribution in [2.24, 2.45) is 0 Å². The second kappa shape index (κ2) is 9.70. The first-order chi connectivity index (χ1) is 15.4. The van der Waals surface area contributed by atoms with Gasteiger partial charge in [0.2, 0.25) is 5.13 Å². The molecule has 0 atom stereocenters. The fourth-order valence-corrected chi connectivity index (χ4v) is 5.22. The molecule has 2 aromatic heterocycles. The van der Waals surface area contributed by atoms with E-state index in [0.29, 0.717) is 29.6 Å². The number of hydrogen-bond acceptors (Lipinski definition) is 6. The molecule has 0 radical (unpaired) electrons. The van der Waals surface area contributed by atoms with Gasteiger partial charge in [-0.1, -0.05) is 35.1 Å². The number of aliphatic hydroxyl groups is 1. The first-order valence-corrected chi connectivity index (χ1v) is 12.0. The summed E-state index contributed by atoms with van der Waals surface area (Å²) in [6, 6.07) is 7.86. The molecule has 4 rings (SSSR count). The number of benzene rings is 1. The number of halogens is 1. The third-order valence-electron chi connectivity index (χ3n) is 5.97. The van der Waals surface area contributed by atoms with E-state index in [2.05, 4.69) is 9.88 Å². The summed E-state index contributed by atoms with van der Waals surface area (Å²) in [6.07, 6.45) is 0.767. The number of β-amino-alcohol motifs (C(OH)–C–C–N with tert-alkyl or cyclic N) is 1. The third-order valence-corrected chi connectivity index (χ3v) is 7.34. The summed E-state index contributed by atoms with van der Waals surface area (Å²) in [6.45, 7) is 9.63. The normalized spacial score (nSPS) is 14.8. The second-order valence-electron chi connectivity index (χ2n) is 8.13. The Morgan fingerprint density at radius 3 is 2.44 bits per heavy atom. The average molecular weight is 474 g/mol. The second-order valence-corrected chi connectivity index (χ2v) is 9.55. The molecule has 1 aliphatic heterocycles. The molecule has 1 fully saturated rings. The van der Waals surface area contributed by atoms with E-state index in [4.69, 9.17) is 21.8 Å². The number of amides is 1. The van der Waals surface area contributed by atoms with Crippen molar-refractivity contribution in [1.29, 1.82) is 0 Å². The van der Waals surface area contributed by atoms with Crippen LogP contribution in [0.25, 0.3) is 5.13 Å². The molecule has 32 heavy (non-hydrogen) atoms. The highest BCUT2D eigenvalue weighted by atomic mass is 35.5. The molecule has 170 valence electrons. The molecule has 0 unspecified atom stereocenters. The van der Waals surface area contributed by atoms with E-state index in [-0.39, 0.29) is 12.5 Å². The van der Waals surface area contributed by atoms with Crippen LogP contribution in [0.4, 0.5) is 0 Å². The average Bonchev–Trinajstić information content (AvgIpc) is 3.30. The summed E-state index contributed by atoms with van der Waals surface area (Å²) in [5.74, 6) is 0.0258. The molecular formula is C23H28ClN5O2S. The fourth-order valence-electron chi connectivity index (χ4n) is 4.05. The van der Waals surface area contributed by atoms with Crippen LogP contribution in [-0.2, 0) is 6.42 Å². The number of nitrogens with zero attached hydrogens (tertiary/aromatic N) is 5. The summed E-state index contributed by atoms with van der Waals surface area (Å²) < 4.78 is 1.86. The molecule has 1 saturated heterocycles. The van der Waals surface area contributed by atoms with Gasteiger partial charge in [0.05, 0.1) is 18.0 Å². The van der Waals surface area contributed by atoms with Gasteiger partial charge < -0.3 is 10.0 Å². The zero-order valence-corrected chi connectivity index (χ0v) is 20.2. The Morgan fingerprint density at radius 2 is 1.78 bits per heavy atom. The van der Waals surface area contributed by atoms with Crippen LogP contribution in [-0.4, -0.2) is 74.9 Å². The van der Waals surface area contributed by atoms with Crippen molar-refractivity contribution < 1.29 is 9.90 Å². The molecule has 0 saturated carbocycles. The first-order valence-electron chi connectivity index (χ1n) is 10.8. The number of rotatable bonds is 6. The lowest BCUT2D eigenvalue weighted by Crippen LogP contribution is -2.49. The Morgan fingerprint density at radius 1 is 1.09 bits per heavy atom. The smallest absolute Gasteiger partial charge is 0.266 e. The minimum atomic E-state index is 0.0258. The lowest BCUT2D eigenvalue weighted by atomic mass is 10.0. The predicted molar refractivity (Wildman–Crippen MR) is 127 cm³/mol. The van der Waals surface area contributed by atoms with Crippen LogP contribution < -0.4 is 0 Å². The topological polar surface area (TPSA) is 74.5 Å². The van der Waals surface area contributed by atoms with E-state index >= 15 is 0 Å². The number of carbonyl (C=O) groups excluding carboxylic acids is 1. The Bertz CT molecular complexity index is 1100. The van der Waals surface area contributed by atoms with Gasteiger partial charge in [-0.25, -0.2) is 9.67 Å². The van der Waals surface area contributed by atoms with E-state index in [1.165, 1.54) is 16.9 Å². The lowest BCUT2D eigenvalue weighted by Gasteiger charge is -2.34. The number of aliphatic hydroxyl groups excluding tert-OH is 1. The van der Waals surface area contributed by atoms with E-state index in [1.54, 1.807) is 0 Å². The maximum absolute atomic E-state index is 13.1. The largest absolute Gasteiger partial charge is 0.395 e. The van der Waals surface area contributed by atoms with Crippen molar-refractivity contribution >= 4 is 28.8 Å². The monoisotopic (exact) mass is 473 g/mol. The van der Waals surface area contributed by atoms with Crippen molar-refractivity contribution in [1.82, 2.24) is 24.6 Å². The van der Waals surface area contributed by atoms with Gasteiger partial charge in [-0.15, -0.1) is 0 Å². The molecule has 1 aromatic carbocycles. The van der Waals surface area contributed by atoms with Crippen LogP contribution in [0, 0.1) is 20.8 Å². The molecule has 7 nitrogen and oxygen atoms in total. The molecule has 1 amide bonds. The van der Waals surface area contributed by atoms with E-state index in [9.17, 15) is 4.79 Å². The SMILES string of the molecule is Cc1nc(-n2nc(C)c(Cc3ccc(Cl)cc3)c2C)sc1C(=O)N1CCN(CCO)CC1. The lowest BCUT2D eigenvalue weighted by molar-refractivity contribution is 0.0618. The Labute approximate surface area is 197 Å². The van der Waals surface area contributed by atoms with E-state index in [0.717, 1.165) is 47.2 Å². The molecule has 1 N–H and O–H groups in total. The summed E-state index contributed by atoms with van der Waals surface area (Å²) >= 11 is 7.41. The standard InChI is InChI=1S/C23H28ClN5O2S/c1-15-20(14-18-4-6-19(24)7-5-18)17(3)29(26-15)23-25-16(2)21(32-23)22(31)28-10-8-27(9-11-28)12-13-30/h4-7,30H,8-14H2,1-3H3. The van der Waals surface area contributed by atoms with Crippen molar-refractivity contribution in [2.75, 3.05) is 39.3 Å². The summed E-state index contributed by atoms with van der Waals surface area (Å²) in [5, 5.41) is 15.3. The van der Waals surface area contributed by atoms with Gasteiger partial charge in [0.15, 0.2) is 0 Å². The van der Waals surface area contributed by atoms with Gasteiger partial charge in [-0.2, -0.15) is 5.10 Å². The molecule has 0 aliphatic carbocycles. The van der Waals surface area contributed by atoms with Gasteiger partial charge in [-0.05, 0) is 38.5 Å². The number of aryl methyl sites for hydroxylation is 2. The van der Waals surface area contributed by atoms with Crippen molar-refractivity contribution in [3.8, 4) is 5.13 Å². The van der Waals surface area contributed by atoms with E-state index in [1.807, 2.05) is 54.6 Å². The summed E-state index contributed by atoms with van der Waals surface area (Å²) in [4.78, 5) is 22.6. The van der Waals surface area contributed by atoms with Crippen LogP contribution in [0.15, 0.2) is 24.3 Å². The molecule has 1 aliphatic rings. The molecule has 9 heteroatoms. The van der Waals surface area contributed by atoms with Crippen LogP contribution in [0.3, 0.4) is 0 Å². The molecule has 3 aromatic rings. The quantitative estimate of drug-likeness (QED) is 0.594. The van der Waals surface area contributed by atoms with Gasteiger partial charge >= 0.3 is 0 Å². The van der Waals surface area contributed by atoms with Crippen LogP contribution in [0.2, 0.25) is 5.02 Å². The van der Waals surface area contributed by atoms with Crippen molar-refractivity contribution in [2.45, 2.75) is 27.2 Å². The van der Waals surface area contributed by atoms with Gasteiger partial charge in [0, 0.05) is 55.4 Å². The molecule has 0 bridgehead atoms. The minimum Gasteiger partial charge on any atom is -0.395 e. The number of hydrogen-bond donors (Lipinski definition) is 1. The Hall–Kier alpha value is -2.26. The molecule has 3 heterocycles.